The first-order valence-electron chi connectivity index (χ1n) is 5.19. The molecule has 0 aliphatic rings. The van der Waals surface area contributed by atoms with E-state index in [9.17, 15) is 0 Å². The molecule has 0 saturated heterocycles. The monoisotopic (exact) mass is 225 g/mol. The van der Waals surface area contributed by atoms with Crippen LogP contribution in [-0.2, 0) is 0 Å². The molecule has 0 amide bonds. The number of nitrogens with one attached hydrogen (secondary N) is 1. The smallest absolute Gasteiger partial charge is 0.138 e. The van der Waals surface area contributed by atoms with E-state index >= 15 is 0 Å². The highest BCUT2D eigenvalue weighted by Gasteiger charge is 2.06. The molecule has 0 spiro atoms. The zero-order valence-electron chi connectivity index (χ0n) is 9.01. The molecule has 0 atom stereocenters. The Hall–Kier alpha value is -2.56. The molecule has 0 radical (unpaired) electrons. The molecule has 2 aromatic heterocycles. The second-order valence-electron chi connectivity index (χ2n) is 3.82. The number of rotatable bonds is 1. The van der Waals surface area contributed by atoms with Gasteiger partial charge in [-0.15, -0.1) is 0 Å². The first-order chi connectivity index (χ1) is 8.24. The number of aromatic nitrogens is 3. The lowest BCUT2D eigenvalue weighted by Gasteiger charge is -1.97. The van der Waals surface area contributed by atoms with Crippen LogP contribution in [0.15, 0.2) is 36.7 Å². The van der Waals surface area contributed by atoms with E-state index in [1.54, 1.807) is 24.5 Å². The Morgan fingerprint density at radius 1 is 1.00 bits per heavy atom. The van der Waals surface area contributed by atoms with Crippen molar-refractivity contribution < 1.29 is 0 Å². The number of hydrogen-bond acceptors (Lipinski definition) is 4. The van der Waals surface area contributed by atoms with E-state index in [2.05, 4.69) is 15.0 Å². The average Bonchev–Trinajstić information content (AvgIpc) is 2.74. The SMILES string of the molecule is Nc1cc2nc(-c3ccncc3)[nH]c2cc1N. The van der Waals surface area contributed by atoms with E-state index < -0.39 is 0 Å². The summed E-state index contributed by atoms with van der Waals surface area (Å²) in [6.45, 7) is 0. The Morgan fingerprint density at radius 2 is 1.71 bits per heavy atom. The van der Waals surface area contributed by atoms with Gasteiger partial charge in [0.15, 0.2) is 0 Å². The van der Waals surface area contributed by atoms with Crippen LogP contribution in [-0.4, -0.2) is 15.0 Å². The summed E-state index contributed by atoms with van der Waals surface area (Å²) in [5, 5.41) is 0. The Balaban J connectivity index is 2.21. The molecule has 5 nitrogen and oxygen atoms in total. The molecule has 0 unspecified atom stereocenters. The molecule has 84 valence electrons. The quantitative estimate of drug-likeness (QED) is 0.550. The van der Waals surface area contributed by atoms with Gasteiger partial charge in [0.05, 0.1) is 22.4 Å². The number of hydrogen-bond donors (Lipinski definition) is 3. The Kier molecular flexibility index (Phi) is 1.98. The molecule has 3 aromatic rings. The Morgan fingerprint density at radius 3 is 2.47 bits per heavy atom. The fourth-order valence-corrected chi connectivity index (χ4v) is 1.74. The van der Waals surface area contributed by atoms with Crippen LogP contribution in [0.5, 0.6) is 0 Å². The Labute approximate surface area is 97.5 Å². The van der Waals surface area contributed by atoms with Crippen LogP contribution in [0.1, 0.15) is 0 Å². The number of imidazole rings is 1. The minimum atomic E-state index is 0.547. The van der Waals surface area contributed by atoms with Crippen molar-refractivity contribution in [1.82, 2.24) is 15.0 Å². The number of nitrogens with two attached hydrogens (primary N) is 2. The molecule has 1 aromatic carbocycles. The molecule has 2 heterocycles. The number of anilines is 2. The topological polar surface area (TPSA) is 93.6 Å². The maximum atomic E-state index is 5.75. The predicted octanol–water partition coefficient (Wildman–Crippen LogP) is 1.79. The second kappa shape index (κ2) is 3.48. The van der Waals surface area contributed by atoms with Crippen LogP contribution < -0.4 is 11.5 Å². The largest absolute Gasteiger partial charge is 0.397 e. The maximum Gasteiger partial charge on any atom is 0.138 e. The van der Waals surface area contributed by atoms with Crippen molar-refractivity contribution in [2.75, 3.05) is 11.5 Å². The minimum absolute atomic E-state index is 0.547. The summed E-state index contributed by atoms with van der Waals surface area (Å²) in [6.07, 6.45) is 3.45. The van der Waals surface area contributed by atoms with Gasteiger partial charge in [-0.2, -0.15) is 0 Å². The van der Waals surface area contributed by atoms with Crippen LogP contribution in [0.4, 0.5) is 11.4 Å². The van der Waals surface area contributed by atoms with Gasteiger partial charge in [-0.3, -0.25) is 4.98 Å². The number of H-pyrrole nitrogens is 1. The summed E-state index contributed by atoms with van der Waals surface area (Å²) < 4.78 is 0. The van der Waals surface area contributed by atoms with Crippen molar-refractivity contribution in [3.8, 4) is 11.4 Å². The average molecular weight is 225 g/mol. The second-order valence-corrected chi connectivity index (χ2v) is 3.82. The van der Waals surface area contributed by atoms with Gasteiger partial charge in [-0.1, -0.05) is 0 Å². The lowest BCUT2D eigenvalue weighted by atomic mass is 10.2. The molecule has 0 bridgehead atoms. The number of aromatic amines is 1. The molecule has 3 rings (SSSR count). The number of nitrogens with zero attached hydrogens (tertiary/aromatic N) is 2. The molecular weight excluding hydrogens is 214 g/mol. The maximum absolute atomic E-state index is 5.75. The van der Waals surface area contributed by atoms with Crippen molar-refractivity contribution >= 4 is 22.4 Å². The van der Waals surface area contributed by atoms with E-state index in [0.29, 0.717) is 11.4 Å². The number of nitrogen functional groups attached to an aromatic ring is 2. The lowest BCUT2D eigenvalue weighted by Crippen LogP contribution is -1.93. The fourth-order valence-electron chi connectivity index (χ4n) is 1.74. The fraction of sp³-hybridized carbons (Fsp3) is 0. The zero-order valence-corrected chi connectivity index (χ0v) is 9.01. The van der Waals surface area contributed by atoms with Gasteiger partial charge in [0, 0.05) is 18.0 Å². The summed E-state index contributed by atoms with van der Waals surface area (Å²) in [5.41, 5.74) is 15.3. The van der Waals surface area contributed by atoms with Crippen LogP contribution >= 0.6 is 0 Å². The van der Waals surface area contributed by atoms with Crippen molar-refractivity contribution in [2.45, 2.75) is 0 Å². The normalized spacial score (nSPS) is 10.8. The van der Waals surface area contributed by atoms with Gasteiger partial charge in [0.2, 0.25) is 0 Å². The summed E-state index contributed by atoms with van der Waals surface area (Å²) in [5.74, 6) is 0.785. The van der Waals surface area contributed by atoms with E-state index in [1.165, 1.54) is 0 Å². The number of benzene rings is 1. The van der Waals surface area contributed by atoms with Gasteiger partial charge in [-0.05, 0) is 24.3 Å². The van der Waals surface area contributed by atoms with Gasteiger partial charge in [-0.25, -0.2) is 4.98 Å². The van der Waals surface area contributed by atoms with E-state index in [1.807, 2.05) is 12.1 Å². The van der Waals surface area contributed by atoms with Gasteiger partial charge in [0.25, 0.3) is 0 Å². The zero-order chi connectivity index (χ0) is 11.8. The lowest BCUT2D eigenvalue weighted by molar-refractivity contribution is 1.28. The standard InChI is InChI=1S/C12H11N5/c13-8-5-10-11(6-9(8)14)17-12(16-10)7-1-3-15-4-2-7/h1-6H,13-14H2,(H,16,17). The molecule has 0 aliphatic carbocycles. The Bertz CT molecular complexity index is 633. The molecule has 0 aliphatic heterocycles. The van der Waals surface area contributed by atoms with Crippen molar-refractivity contribution in [2.24, 2.45) is 0 Å². The van der Waals surface area contributed by atoms with Crippen LogP contribution in [0.3, 0.4) is 0 Å². The molecule has 17 heavy (non-hydrogen) atoms. The number of pyridine rings is 1. The summed E-state index contributed by atoms with van der Waals surface area (Å²) in [4.78, 5) is 11.6. The first kappa shape index (κ1) is 9.65. The molecule has 0 saturated carbocycles. The highest BCUT2D eigenvalue weighted by Crippen LogP contribution is 2.25. The summed E-state index contributed by atoms with van der Waals surface area (Å²) >= 11 is 0. The van der Waals surface area contributed by atoms with Gasteiger partial charge >= 0.3 is 0 Å². The van der Waals surface area contributed by atoms with Gasteiger partial charge < -0.3 is 16.5 Å². The molecule has 5 heteroatoms. The van der Waals surface area contributed by atoms with E-state index in [-0.39, 0.29) is 0 Å². The third-order valence-corrected chi connectivity index (χ3v) is 2.64. The van der Waals surface area contributed by atoms with Crippen molar-refractivity contribution in [3.05, 3.63) is 36.7 Å². The summed E-state index contributed by atoms with van der Waals surface area (Å²) in [6, 6.07) is 7.35. The highest BCUT2D eigenvalue weighted by atomic mass is 14.9. The molecule has 5 N–H and O–H groups in total. The molecular formula is C12H11N5. The van der Waals surface area contributed by atoms with Gasteiger partial charge in [0.1, 0.15) is 5.82 Å². The number of fused-ring (bicyclic) bond motifs is 1. The summed E-state index contributed by atoms with van der Waals surface area (Å²) in [7, 11) is 0. The first-order valence-corrected chi connectivity index (χ1v) is 5.19. The van der Waals surface area contributed by atoms with Crippen molar-refractivity contribution in [1.29, 1.82) is 0 Å². The van der Waals surface area contributed by atoms with Crippen LogP contribution in [0.25, 0.3) is 22.4 Å². The van der Waals surface area contributed by atoms with Crippen LogP contribution in [0.2, 0.25) is 0 Å². The van der Waals surface area contributed by atoms with Crippen molar-refractivity contribution in [3.63, 3.8) is 0 Å². The molecule has 0 fully saturated rings. The highest BCUT2D eigenvalue weighted by molar-refractivity contribution is 5.87. The minimum Gasteiger partial charge on any atom is -0.397 e. The van der Waals surface area contributed by atoms with Crippen LogP contribution in [0, 0.1) is 0 Å². The van der Waals surface area contributed by atoms with E-state index in [0.717, 1.165) is 22.4 Å². The van der Waals surface area contributed by atoms with E-state index in [4.69, 9.17) is 11.5 Å². The third kappa shape index (κ3) is 1.57. The third-order valence-electron chi connectivity index (χ3n) is 2.64. The predicted molar refractivity (Wildman–Crippen MR) is 68.1 cm³/mol.